The third-order valence-corrected chi connectivity index (χ3v) is 3.60. The van der Waals surface area contributed by atoms with Crippen molar-refractivity contribution in [1.29, 1.82) is 0 Å². The van der Waals surface area contributed by atoms with E-state index in [2.05, 4.69) is 5.32 Å². The van der Waals surface area contributed by atoms with Gasteiger partial charge < -0.3 is 15.8 Å². The summed E-state index contributed by atoms with van der Waals surface area (Å²) in [6.45, 7) is 0.755. The summed E-state index contributed by atoms with van der Waals surface area (Å²) in [5, 5.41) is 2.17. The third kappa shape index (κ3) is 3.23. The molecule has 1 saturated carbocycles. The van der Waals surface area contributed by atoms with Crippen molar-refractivity contribution in [2.45, 2.75) is 17.7 Å². The van der Waals surface area contributed by atoms with E-state index in [0.29, 0.717) is 0 Å². The van der Waals surface area contributed by atoms with Crippen LogP contribution in [0.3, 0.4) is 0 Å². The summed E-state index contributed by atoms with van der Waals surface area (Å²) in [5.74, 6) is -1.94. The Kier molecular flexibility index (Phi) is 3.88. The topological polar surface area (TPSA) is 98.5 Å². The summed E-state index contributed by atoms with van der Waals surface area (Å²) < 4.78 is 3.60. The lowest BCUT2D eigenvalue weighted by Crippen LogP contribution is -2.36. The highest BCUT2D eigenvalue weighted by Gasteiger charge is 2.69. The third-order valence-electron chi connectivity index (χ3n) is 2.50. The van der Waals surface area contributed by atoms with Crippen LogP contribution in [0.25, 0.3) is 0 Å². The Morgan fingerprint density at radius 2 is 1.94 bits per heavy atom. The normalized spacial score (nSPS) is 24.9. The van der Waals surface area contributed by atoms with Crippen LogP contribution in [0.15, 0.2) is 0 Å². The fourth-order valence-electron chi connectivity index (χ4n) is 1.15. The number of nitrogens with one attached hydrogen (secondary N) is 1. The van der Waals surface area contributed by atoms with Gasteiger partial charge in [-0.3, -0.25) is 14.4 Å². The molecule has 1 aliphatic rings. The predicted octanol–water partition coefficient (Wildman–Crippen LogP) is -0.285. The van der Waals surface area contributed by atoms with Crippen LogP contribution in [0, 0.1) is 5.41 Å². The van der Waals surface area contributed by atoms with Crippen molar-refractivity contribution in [3.8, 4) is 0 Å². The minimum absolute atomic E-state index is 0.283. The smallest absolute Gasteiger partial charge is 0.315 e. The van der Waals surface area contributed by atoms with E-state index in [9.17, 15) is 14.4 Å². The SMILES string of the molecule is C[C@@]1(C(=O)OCC(=O)NCC(N)=O)CC1(Cl)Cl. The van der Waals surface area contributed by atoms with Gasteiger partial charge in [-0.25, -0.2) is 0 Å². The quantitative estimate of drug-likeness (QED) is 0.535. The van der Waals surface area contributed by atoms with Gasteiger partial charge in [-0.05, 0) is 6.92 Å². The molecule has 0 spiro atoms. The second-order valence-electron chi connectivity index (χ2n) is 4.03. The zero-order chi connectivity index (χ0) is 13.3. The number of nitrogens with two attached hydrogens (primary N) is 1. The van der Waals surface area contributed by atoms with Crippen molar-refractivity contribution < 1.29 is 19.1 Å². The lowest BCUT2D eigenvalue weighted by atomic mass is 10.1. The van der Waals surface area contributed by atoms with Crippen LogP contribution in [-0.4, -0.2) is 35.3 Å². The zero-order valence-electron chi connectivity index (χ0n) is 9.09. The summed E-state index contributed by atoms with van der Waals surface area (Å²) in [6, 6.07) is 0. The Hall–Kier alpha value is -1.01. The molecule has 0 heterocycles. The zero-order valence-corrected chi connectivity index (χ0v) is 10.6. The number of hydrogen-bond donors (Lipinski definition) is 2. The molecule has 2 amide bonds. The second kappa shape index (κ2) is 4.70. The van der Waals surface area contributed by atoms with Crippen LogP contribution in [0.5, 0.6) is 0 Å². The fraction of sp³-hybridized carbons (Fsp3) is 0.667. The molecule has 3 N–H and O–H groups in total. The largest absolute Gasteiger partial charge is 0.455 e. The van der Waals surface area contributed by atoms with Crippen LogP contribution in [0.4, 0.5) is 0 Å². The van der Waals surface area contributed by atoms with Crippen molar-refractivity contribution in [2.75, 3.05) is 13.2 Å². The molecule has 0 aromatic heterocycles. The Morgan fingerprint density at radius 1 is 1.41 bits per heavy atom. The first-order valence-corrected chi connectivity index (χ1v) is 5.55. The maximum absolute atomic E-state index is 11.5. The van der Waals surface area contributed by atoms with Gasteiger partial charge in [0.1, 0.15) is 9.75 Å². The Morgan fingerprint density at radius 3 is 2.35 bits per heavy atom. The molecule has 0 bridgehead atoms. The van der Waals surface area contributed by atoms with Gasteiger partial charge in [-0.1, -0.05) is 0 Å². The van der Waals surface area contributed by atoms with Crippen LogP contribution in [0.2, 0.25) is 0 Å². The minimum Gasteiger partial charge on any atom is -0.455 e. The average molecular weight is 283 g/mol. The number of esters is 1. The minimum atomic E-state index is -1.13. The maximum atomic E-state index is 11.5. The molecule has 0 aromatic carbocycles. The van der Waals surface area contributed by atoms with E-state index in [1.807, 2.05) is 0 Å². The van der Waals surface area contributed by atoms with Gasteiger partial charge in [0.15, 0.2) is 6.61 Å². The van der Waals surface area contributed by atoms with Gasteiger partial charge in [0.2, 0.25) is 5.91 Å². The van der Waals surface area contributed by atoms with Gasteiger partial charge >= 0.3 is 5.97 Å². The molecule has 1 atom stereocenters. The Labute approximate surface area is 108 Å². The molecule has 0 saturated heterocycles. The molecule has 0 aliphatic heterocycles. The van der Waals surface area contributed by atoms with Gasteiger partial charge in [0.05, 0.1) is 6.54 Å². The molecule has 1 fully saturated rings. The molecule has 6 nitrogen and oxygen atoms in total. The number of ether oxygens (including phenoxy) is 1. The molecule has 0 radical (unpaired) electrons. The van der Waals surface area contributed by atoms with Crippen LogP contribution >= 0.6 is 23.2 Å². The molecule has 17 heavy (non-hydrogen) atoms. The highest BCUT2D eigenvalue weighted by molar-refractivity contribution is 6.53. The molecular weight excluding hydrogens is 271 g/mol. The number of amides is 2. The van der Waals surface area contributed by atoms with Crippen molar-refractivity contribution in [3.05, 3.63) is 0 Å². The summed E-state index contributed by atoms with van der Waals surface area (Å²) in [4.78, 5) is 33.0. The molecule has 1 aliphatic carbocycles. The lowest BCUT2D eigenvalue weighted by molar-refractivity contribution is -0.153. The van der Waals surface area contributed by atoms with E-state index in [1.54, 1.807) is 6.92 Å². The summed E-state index contributed by atoms with van der Waals surface area (Å²) >= 11 is 11.5. The van der Waals surface area contributed by atoms with E-state index in [-0.39, 0.29) is 13.0 Å². The second-order valence-corrected chi connectivity index (χ2v) is 5.52. The van der Waals surface area contributed by atoms with E-state index < -0.39 is 34.1 Å². The first kappa shape index (κ1) is 14.1. The number of rotatable bonds is 5. The molecule has 0 aromatic rings. The van der Waals surface area contributed by atoms with Crippen LogP contribution in [-0.2, 0) is 19.1 Å². The maximum Gasteiger partial charge on any atom is 0.315 e. The van der Waals surface area contributed by atoms with Gasteiger partial charge in [0, 0.05) is 6.42 Å². The summed E-state index contributed by atoms with van der Waals surface area (Å²) in [7, 11) is 0. The number of hydrogen-bond acceptors (Lipinski definition) is 4. The first-order valence-electron chi connectivity index (χ1n) is 4.79. The van der Waals surface area contributed by atoms with Crippen molar-refractivity contribution >= 4 is 41.0 Å². The van der Waals surface area contributed by atoms with E-state index in [1.165, 1.54) is 0 Å². The van der Waals surface area contributed by atoms with Crippen molar-refractivity contribution in [3.63, 3.8) is 0 Å². The molecule has 8 heteroatoms. The number of carbonyl (C=O) groups excluding carboxylic acids is 3. The lowest BCUT2D eigenvalue weighted by Gasteiger charge is -2.11. The van der Waals surface area contributed by atoms with Gasteiger partial charge in [-0.2, -0.15) is 0 Å². The molecule has 1 rings (SSSR count). The van der Waals surface area contributed by atoms with Crippen molar-refractivity contribution in [2.24, 2.45) is 11.1 Å². The molecule has 0 unspecified atom stereocenters. The number of alkyl halides is 2. The standard InChI is InChI=1S/C9H12Cl2N2O4/c1-8(4-9(8,10)11)7(16)17-3-6(15)13-2-5(12)14/h2-4H2,1H3,(H2,12,14)(H,13,15)/t8-/m0/s1. The highest BCUT2D eigenvalue weighted by atomic mass is 35.5. The number of carbonyl (C=O) groups is 3. The Bertz CT molecular complexity index is 372. The van der Waals surface area contributed by atoms with Gasteiger partial charge in [0.25, 0.3) is 5.91 Å². The Balaban J connectivity index is 2.30. The number of primary amides is 1. The number of halogens is 2. The van der Waals surface area contributed by atoms with E-state index in [4.69, 9.17) is 33.7 Å². The summed E-state index contributed by atoms with van der Waals surface area (Å²) in [5.41, 5.74) is 3.84. The van der Waals surface area contributed by atoms with Gasteiger partial charge in [-0.15, -0.1) is 23.2 Å². The predicted molar refractivity (Wildman–Crippen MR) is 60.3 cm³/mol. The van der Waals surface area contributed by atoms with E-state index >= 15 is 0 Å². The van der Waals surface area contributed by atoms with Crippen molar-refractivity contribution in [1.82, 2.24) is 5.32 Å². The summed E-state index contributed by atoms with van der Waals surface area (Å²) in [6.07, 6.45) is 0.283. The fourth-order valence-corrected chi connectivity index (χ4v) is 1.84. The average Bonchev–Trinajstić information content (AvgIpc) is 2.73. The molecular formula is C9H12Cl2N2O4. The molecule has 96 valence electrons. The van der Waals surface area contributed by atoms with E-state index in [0.717, 1.165) is 0 Å². The van der Waals surface area contributed by atoms with Crippen LogP contribution in [0.1, 0.15) is 13.3 Å². The highest BCUT2D eigenvalue weighted by Crippen LogP contribution is 2.64. The monoisotopic (exact) mass is 282 g/mol. The first-order chi connectivity index (χ1) is 7.69. The van der Waals surface area contributed by atoms with Crippen LogP contribution < -0.4 is 11.1 Å².